The van der Waals surface area contributed by atoms with E-state index in [0.717, 1.165) is 31.6 Å². The number of halogens is 1. The summed E-state index contributed by atoms with van der Waals surface area (Å²) in [6.07, 6.45) is 2.41. The van der Waals surface area contributed by atoms with Crippen molar-refractivity contribution in [3.8, 4) is 11.4 Å². The predicted molar refractivity (Wildman–Crippen MR) is 107 cm³/mol. The first-order valence-corrected chi connectivity index (χ1v) is 10.5. The Morgan fingerprint density at radius 2 is 1.97 bits per heavy atom. The van der Waals surface area contributed by atoms with E-state index in [1.54, 1.807) is 12.1 Å². The molecule has 1 unspecified atom stereocenters. The highest BCUT2D eigenvalue weighted by Gasteiger charge is 2.39. The summed E-state index contributed by atoms with van der Waals surface area (Å²) in [6, 6.07) is 6.76. The standard InChI is InChI=1S/C20H26ClN5O3/c1-2-17(26-23-18(22-24-26)15-3-5-16(21)6-4-15)19(27)25-9-12-29-14-20(13-25)7-10-28-11-8-20/h3-6,17H,2,7-14H2,1H3. The van der Waals surface area contributed by atoms with Crippen LogP contribution in [-0.2, 0) is 14.3 Å². The molecule has 8 nitrogen and oxygen atoms in total. The molecule has 2 saturated heterocycles. The van der Waals surface area contributed by atoms with Crippen molar-refractivity contribution in [2.75, 3.05) is 39.5 Å². The van der Waals surface area contributed by atoms with Crippen LogP contribution in [0.5, 0.6) is 0 Å². The Balaban J connectivity index is 1.52. The highest BCUT2D eigenvalue weighted by Crippen LogP contribution is 2.34. The molecule has 0 saturated carbocycles. The van der Waals surface area contributed by atoms with Gasteiger partial charge in [0.25, 0.3) is 0 Å². The molecule has 1 atom stereocenters. The van der Waals surface area contributed by atoms with E-state index >= 15 is 0 Å². The van der Waals surface area contributed by atoms with Crippen molar-refractivity contribution in [3.63, 3.8) is 0 Å². The van der Waals surface area contributed by atoms with Crippen LogP contribution in [0.4, 0.5) is 0 Å². The van der Waals surface area contributed by atoms with Crippen molar-refractivity contribution in [1.29, 1.82) is 0 Å². The van der Waals surface area contributed by atoms with Crippen LogP contribution in [0.3, 0.4) is 0 Å². The number of amides is 1. The van der Waals surface area contributed by atoms with Crippen LogP contribution in [0.25, 0.3) is 11.4 Å². The summed E-state index contributed by atoms with van der Waals surface area (Å²) in [5.74, 6) is 0.497. The molecule has 0 aliphatic carbocycles. The third-order valence-corrected chi connectivity index (χ3v) is 6.04. The Hall–Kier alpha value is -2.03. The number of carbonyl (C=O) groups is 1. The molecule has 0 bridgehead atoms. The van der Waals surface area contributed by atoms with E-state index in [-0.39, 0.29) is 11.3 Å². The first kappa shape index (κ1) is 20.3. The predicted octanol–water partition coefficient (Wildman–Crippen LogP) is 2.60. The minimum atomic E-state index is -0.487. The number of nitrogens with zero attached hydrogens (tertiary/aromatic N) is 5. The molecule has 0 radical (unpaired) electrons. The van der Waals surface area contributed by atoms with Gasteiger partial charge in [-0.15, -0.1) is 10.2 Å². The molecule has 29 heavy (non-hydrogen) atoms. The molecular formula is C20H26ClN5O3. The summed E-state index contributed by atoms with van der Waals surface area (Å²) in [5, 5.41) is 13.4. The quantitative estimate of drug-likeness (QED) is 0.757. The van der Waals surface area contributed by atoms with Crippen molar-refractivity contribution < 1.29 is 14.3 Å². The maximum absolute atomic E-state index is 13.4. The van der Waals surface area contributed by atoms with E-state index in [1.807, 2.05) is 24.0 Å². The zero-order valence-corrected chi connectivity index (χ0v) is 17.3. The van der Waals surface area contributed by atoms with Gasteiger partial charge in [0.1, 0.15) is 0 Å². The Bertz CT molecular complexity index is 835. The SMILES string of the molecule is CCC(C(=O)N1CCOCC2(CCOCC2)C1)n1nnc(-c2ccc(Cl)cc2)n1. The van der Waals surface area contributed by atoms with Gasteiger partial charge in [0.2, 0.25) is 11.7 Å². The first-order chi connectivity index (χ1) is 14.1. The minimum Gasteiger partial charge on any atom is -0.381 e. The molecule has 1 aromatic carbocycles. The molecule has 0 N–H and O–H groups in total. The summed E-state index contributed by atoms with van der Waals surface area (Å²) >= 11 is 5.95. The number of ether oxygens (including phenoxy) is 2. The molecule has 1 aromatic heterocycles. The third kappa shape index (κ3) is 4.44. The number of hydrogen-bond donors (Lipinski definition) is 0. The van der Waals surface area contributed by atoms with Gasteiger partial charge in [-0.2, -0.15) is 4.80 Å². The molecule has 4 rings (SSSR count). The molecule has 2 aliphatic rings. The van der Waals surface area contributed by atoms with E-state index in [4.69, 9.17) is 21.1 Å². The lowest BCUT2D eigenvalue weighted by Crippen LogP contribution is -2.47. The fourth-order valence-electron chi connectivity index (χ4n) is 4.01. The smallest absolute Gasteiger partial charge is 0.249 e. The van der Waals surface area contributed by atoms with Gasteiger partial charge in [0, 0.05) is 42.3 Å². The fourth-order valence-corrected chi connectivity index (χ4v) is 4.13. The van der Waals surface area contributed by atoms with Gasteiger partial charge in [0.05, 0.1) is 13.2 Å². The topological polar surface area (TPSA) is 82.4 Å². The van der Waals surface area contributed by atoms with Crippen LogP contribution in [0, 0.1) is 5.41 Å². The minimum absolute atomic E-state index is 0.0175. The number of hydrogen-bond acceptors (Lipinski definition) is 6. The van der Waals surface area contributed by atoms with Gasteiger partial charge in [-0.25, -0.2) is 0 Å². The van der Waals surface area contributed by atoms with Crippen molar-refractivity contribution >= 4 is 17.5 Å². The highest BCUT2D eigenvalue weighted by molar-refractivity contribution is 6.30. The number of aromatic nitrogens is 4. The maximum atomic E-state index is 13.4. The molecular weight excluding hydrogens is 394 g/mol. The summed E-state index contributed by atoms with van der Waals surface area (Å²) in [7, 11) is 0. The van der Waals surface area contributed by atoms with Crippen LogP contribution in [0.15, 0.2) is 24.3 Å². The lowest BCUT2D eigenvalue weighted by Gasteiger charge is -2.38. The van der Waals surface area contributed by atoms with Crippen LogP contribution in [-0.4, -0.2) is 70.5 Å². The van der Waals surface area contributed by atoms with E-state index in [2.05, 4.69) is 15.4 Å². The largest absolute Gasteiger partial charge is 0.381 e. The van der Waals surface area contributed by atoms with Gasteiger partial charge in [-0.05, 0) is 48.7 Å². The first-order valence-electron chi connectivity index (χ1n) is 10.1. The van der Waals surface area contributed by atoms with Gasteiger partial charge in [0.15, 0.2) is 6.04 Å². The van der Waals surface area contributed by atoms with Crippen LogP contribution >= 0.6 is 11.6 Å². The van der Waals surface area contributed by atoms with Crippen molar-refractivity contribution in [3.05, 3.63) is 29.3 Å². The lowest BCUT2D eigenvalue weighted by molar-refractivity contribution is -0.137. The fraction of sp³-hybridized carbons (Fsp3) is 0.600. The van der Waals surface area contributed by atoms with Gasteiger partial charge in [-0.3, -0.25) is 4.79 Å². The Morgan fingerprint density at radius 1 is 1.21 bits per heavy atom. The molecule has 9 heteroatoms. The summed E-state index contributed by atoms with van der Waals surface area (Å²) in [6.45, 7) is 5.90. The van der Waals surface area contributed by atoms with Gasteiger partial charge < -0.3 is 14.4 Å². The Morgan fingerprint density at radius 3 is 2.69 bits per heavy atom. The molecule has 2 aromatic rings. The van der Waals surface area contributed by atoms with Crippen LogP contribution in [0.1, 0.15) is 32.2 Å². The molecule has 1 amide bonds. The summed E-state index contributed by atoms with van der Waals surface area (Å²) < 4.78 is 11.4. The van der Waals surface area contributed by atoms with Crippen molar-refractivity contribution in [2.45, 2.75) is 32.2 Å². The van der Waals surface area contributed by atoms with E-state index in [0.29, 0.717) is 43.6 Å². The maximum Gasteiger partial charge on any atom is 0.249 e. The second kappa shape index (κ2) is 8.77. The van der Waals surface area contributed by atoms with Gasteiger partial charge >= 0.3 is 0 Å². The lowest BCUT2D eigenvalue weighted by atomic mass is 9.80. The van der Waals surface area contributed by atoms with Crippen molar-refractivity contribution in [2.24, 2.45) is 5.41 Å². The van der Waals surface area contributed by atoms with E-state index < -0.39 is 6.04 Å². The average molecular weight is 420 g/mol. The molecule has 3 heterocycles. The highest BCUT2D eigenvalue weighted by atomic mass is 35.5. The van der Waals surface area contributed by atoms with Crippen LogP contribution < -0.4 is 0 Å². The zero-order chi connectivity index (χ0) is 20.3. The molecule has 156 valence electrons. The summed E-state index contributed by atoms with van der Waals surface area (Å²) in [4.78, 5) is 16.7. The second-order valence-electron chi connectivity index (χ2n) is 7.79. The normalized spacial score (nSPS) is 20.4. The number of rotatable bonds is 4. The van der Waals surface area contributed by atoms with Crippen LogP contribution in [0.2, 0.25) is 5.02 Å². The van der Waals surface area contributed by atoms with Crippen molar-refractivity contribution in [1.82, 2.24) is 25.1 Å². The molecule has 1 spiro atoms. The number of tetrazole rings is 1. The number of benzene rings is 1. The Kier molecular flexibility index (Phi) is 6.12. The average Bonchev–Trinajstić information content (AvgIpc) is 3.13. The van der Waals surface area contributed by atoms with E-state index in [1.165, 1.54) is 4.80 Å². The molecule has 2 fully saturated rings. The second-order valence-corrected chi connectivity index (χ2v) is 8.23. The summed E-state index contributed by atoms with van der Waals surface area (Å²) in [5.41, 5.74) is 0.791. The monoisotopic (exact) mass is 419 g/mol. The Labute approximate surface area is 175 Å². The zero-order valence-electron chi connectivity index (χ0n) is 16.6. The number of carbonyl (C=O) groups excluding carboxylic acids is 1. The van der Waals surface area contributed by atoms with Gasteiger partial charge in [-0.1, -0.05) is 18.5 Å². The molecule has 2 aliphatic heterocycles. The van der Waals surface area contributed by atoms with E-state index in [9.17, 15) is 4.79 Å². The third-order valence-electron chi connectivity index (χ3n) is 5.79.